The number of rotatable bonds is 5. The third-order valence-electron chi connectivity index (χ3n) is 2.23. The van der Waals surface area contributed by atoms with Gasteiger partial charge < -0.3 is 10.4 Å². The largest absolute Gasteiger partial charge is 0.478 e. The zero-order valence-electron chi connectivity index (χ0n) is 10.1. The summed E-state index contributed by atoms with van der Waals surface area (Å²) >= 11 is 5.56. The van der Waals surface area contributed by atoms with Crippen molar-refractivity contribution in [1.29, 1.82) is 0 Å². The molecule has 0 bridgehead atoms. The van der Waals surface area contributed by atoms with Gasteiger partial charge in [0, 0.05) is 12.1 Å². The van der Waals surface area contributed by atoms with Crippen LogP contribution in [0.5, 0.6) is 0 Å². The van der Waals surface area contributed by atoms with E-state index in [1.807, 2.05) is 4.72 Å². The average Bonchev–Trinajstić information content (AvgIpc) is 2.37. The molecule has 20 heavy (non-hydrogen) atoms. The molecule has 0 fully saturated rings. The van der Waals surface area contributed by atoms with Gasteiger partial charge in [-0.25, -0.2) is 22.3 Å². The van der Waals surface area contributed by atoms with E-state index >= 15 is 0 Å². The summed E-state index contributed by atoms with van der Waals surface area (Å²) in [5, 5.41) is 10.7. The van der Waals surface area contributed by atoms with Gasteiger partial charge in [0.25, 0.3) is 0 Å². The number of carboxylic acids is 1. The monoisotopic (exact) mass is 324 g/mol. The minimum Gasteiger partial charge on any atom is -0.478 e. The van der Waals surface area contributed by atoms with Gasteiger partial charge in [0.1, 0.15) is 4.90 Å². The van der Waals surface area contributed by atoms with Crippen LogP contribution in [0.1, 0.15) is 10.4 Å². The molecule has 10 heteroatoms. The van der Waals surface area contributed by atoms with E-state index in [1.165, 1.54) is 7.05 Å². The van der Waals surface area contributed by atoms with Crippen molar-refractivity contribution in [1.82, 2.24) is 10.0 Å². The molecule has 0 aliphatic heterocycles. The maximum Gasteiger partial charge on any atom is 0.338 e. The molecule has 1 aromatic carbocycles. The number of nitrogens with one attached hydrogen (secondary N) is 2. The fourth-order valence-electron chi connectivity index (χ4n) is 1.24. The molecule has 0 atom stereocenters. The van der Waals surface area contributed by atoms with E-state index in [0.717, 1.165) is 12.1 Å². The highest BCUT2D eigenvalue weighted by Crippen LogP contribution is 2.23. The first kappa shape index (κ1) is 16.3. The zero-order valence-corrected chi connectivity index (χ0v) is 11.7. The van der Waals surface area contributed by atoms with Gasteiger partial charge in [0.2, 0.25) is 15.9 Å². The van der Waals surface area contributed by atoms with Gasteiger partial charge in [-0.1, -0.05) is 11.6 Å². The standard InChI is InChI=1S/C10H10ClFN2O5S/c1-13-8(15)4-14-20(18,19)7-3-5(11)2-6(9(7)12)10(16)17/h2-3,14H,4H2,1H3,(H,13,15)(H,16,17). The number of hydrogen-bond donors (Lipinski definition) is 3. The Morgan fingerprint density at radius 3 is 2.50 bits per heavy atom. The molecule has 0 aliphatic rings. The van der Waals surface area contributed by atoms with E-state index in [1.54, 1.807) is 0 Å². The first-order valence-corrected chi connectivity index (χ1v) is 6.97. The number of halogens is 2. The van der Waals surface area contributed by atoms with E-state index in [2.05, 4.69) is 5.32 Å². The smallest absolute Gasteiger partial charge is 0.338 e. The number of aromatic carboxylic acids is 1. The lowest BCUT2D eigenvalue weighted by molar-refractivity contribution is -0.119. The highest BCUT2D eigenvalue weighted by atomic mass is 35.5. The van der Waals surface area contributed by atoms with Gasteiger partial charge in [0.15, 0.2) is 5.82 Å². The number of carbonyl (C=O) groups is 2. The number of carboxylic acid groups (broad SMARTS) is 1. The average molecular weight is 325 g/mol. The summed E-state index contributed by atoms with van der Waals surface area (Å²) in [7, 11) is -3.12. The summed E-state index contributed by atoms with van der Waals surface area (Å²) in [6, 6.07) is 1.55. The molecule has 1 amide bonds. The van der Waals surface area contributed by atoms with Gasteiger partial charge in [-0.15, -0.1) is 0 Å². The van der Waals surface area contributed by atoms with E-state index < -0.39 is 44.7 Å². The predicted molar refractivity (Wildman–Crippen MR) is 67.6 cm³/mol. The highest BCUT2D eigenvalue weighted by molar-refractivity contribution is 7.89. The molecule has 0 heterocycles. The molecule has 0 saturated heterocycles. The Morgan fingerprint density at radius 1 is 1.40 bits per heavy atom. The number of amides is 1. The second-order valence-corrected chi connectivity index (χ2v) is 5.74. The van der Waals surface area contributed by atoms with Crippen LogP contribution in [-0.2, 0) is 14.8 Å². The molecule has 3 N–H and O–H groups in total. The molecule has 0 saturated carbocycles. The molecule has 7 nitrogen and oxygen atoms in total. The SMILES string of the molecule is CNC(=O)CNS(=O)(=O)c1cc(Cl)cc(C(=O)O)c1F. The molecule has 0 aromatic heterocycles. The minimum atomic E-state index is -4.41. The molecule has 0 radical (unpaired) electrons. The van der Waals surface area contributed by atoms with E-state index in [-0.39, 0.29) is 5.02 Å². The quantitative estimate of drug-likeness (QED) is 0.716. The molecule has 0 spiro atoms. The van der Waals surface area contributed by atoms with Gasteiger partial charge >= 0.3 is 5.97 Å². The Labute approximate surface area is 118 Å². The lowest BCUT2D eigenvalue weighted by atomic mass is 10.2. The fourth-order valence-corrected chi connectivity index (χ4v) is 2.63. The van der Waals surface area contributed by atoms with Crippen molar-refractivity contribution in [3.8, 4) is 0 Å². The van der Waals surface area contributed by atoms with E-state index in [4.69, 9.17) is 16.7 Å². The Balaban J connectivity index is 3.25. The van der Waals surface area contributed by atoms with Crippen LogP contribution >= 0.6 is 11.6 Å². The van der Waals surface area contributed by atoms with Crippen LogP contribution in [0, 0.1) is 5.82 Å². The van der Waals surface area contributed by atoms with Crippen molar-refractivity contribution in [3.05, 3.63) is 28.5 Å². The number of benzene rings is 1. The summed E-state index contributed by atoms with van der Waals surface area (Å²) in [5.74, 6) is -3.76. The van der Waals surface area contributed by atoms with Crippen molar-refractivity contribution < 1.29 is 27.5 Å². The second kappa shape index (κ2) is 6.16. The zero-order chi connectivity index (χ0) is 15.5. The maximum absolute atomic E-state index is 13.8. The van der Waals surface area contributed by atoms with Crippen LogP contribution in [0.2, 0.25) is 5.02 Å². The Bertz CT molecular complexity index is 662. The Hall–Kier alpha value is -1.71. The first-order valence-electron chi connectivity index (χ1n) is 5.11. The summed E-state index contributed by atoms with van der Waals surface area (Å²) in [4.78, 5) is 20.8. The van der Waals surface area contributed by atoms with Crippen LogP contribution in [0.4, 0.5) is 4.39 Å². The normalized spacial score (nSPS) is 11.2. The van der Waals surface area contributed by atoms with Crippen molar-refractivity contribution >= 4 is 33.5 Å². The number of carbonyl (C=O) groups excluding carboxylic acids is 1. The van der Waals surface area contributed by atoms with Crippen LogP contribution in [0.3, 0.4) is 0 Å². The summed E-state index contributed by atoms with van der Waals surface area (Å²) in [6.45, 7) is -0.618. The third kappa shape index (κ3) is 3.65. The third-order valence-corrected chi connectivity index (χ3v) is 3.84. The fraction of sp³-hybridized carbons (Fsp3) is 0.200. The lowest BCUT2D eigenvalue weighted by Crippen LogP contribution is -2.35. The Morgan fingerprint density at radius 2 is 2.00 bits per heavy atom. The van der Waals surface area contributed by atoms with Crippen molar-refractivity contribution in [2.45, 2.75) is 4.90 Å². The molecule has 1 aromatic rings. The number of hydrogen-bond acceptors (Lipinski definition) is 4. The highest BCUT2D eigenvalue weighted by Gasteiger charge is 2.25. The molecule has 110 valence electrons. The summed E-state index contributed by atoms with van der Waals surface area (Å²) in [6.07, 6.45) is 0. The molecule has 1 rings (SSSR count). The van der Waals surface area contributed by atoms with Gasteiger partial charge in [-0.2, -0.15) is 0 Å². The first-order chi connectivity index (χ1) is 9.19. The summed E-state index contributed by atoms with van der Waals surface area (Å²) < 4.78 is 39.3. The molecule has 0 aliphatic carbocycles. The van der Waals surface area contributed by atoms with Gasteiger partial charge in [-0.05, 0) is 12.1 Å². The lowest BCUT2D eigenvalue weighted by Gasteiger charge is -2.09. The topological polar surface area (TPSA) is 113 Å². The minimum absolute atomic E-state index is 0.260. The van der Waals surface area contributed by atoms with E-state index in [9.17, 15) is 22.4 Å². The number of likely N-dealkylation sites (N-methyl/N-ethyl adjacent to an activating group) is 1. The Kier molecular flexibility index (Phi) is 5.03. The number of sulfonamides is 1. The van der Waals surface area contributed by atoms with Crippen LogP contribution in [0.25, 0.3) is 0 Å². The van der Waals surface area contributed by atoms with Gasteiger partial charge in [0.05, 0.1) is 12.1 Å². The van der Waals surface area contributed by atoms with Crippen molar-refractivity contribution in [2.75, 3.05) is 13.6 Å². The predicted octanol–water partition coefficient (Wildman–Crippen LogP) is 0.202. The van der Waals surface area contributed by atoms with Crippen molar-refractivity contribution in [3.63, 3.8) is 0 Å². The maximum atomic E-state index is 13.8. The molecular formula is C10H10ClFN2O5S. The van der Waals surface area contributed by atoms with Crippen LogP contribution < -0.4 is 10.0 Å². The van der Waals surface area contributed by atoms with E-state index in [0.29, 0.717) is 0 Å². The molecular weight excluding hydrogens is 315 g/mol. The van der Waals surface area contributed by atoms with Crippen LogP contribution in [0.15, 0.2) is 17.0 Å². The second-order valence-electron chi connectivity index (χ2n) is 3.57. The molecule has 0 unspecified atom stereocenters. The van der Waals surface area contributed by atoms with Gasteiger partial charge in [-0.3, -0.25) is 4.79 Å². The summed E-state index contributed by atoms with van der Waals surface area (Å²) in [5.41, 5.74) is -0.877. The van der Waals surface area contributed by atoms with Crippen LogP contribution in [-0.4, -0.2) is 39.0 Å². The van der Waals surface area contributed by atoms with Crippen molar-refractivity contribution in [2.24, 2.45) is 0 Å².